The van der Waals surface area contributed by atoms with E-state index in [4.69, 9.17) is 19.4 Å². The molecule has 6 aliphatic rings. The molecule has 4 amide bonds. The predicted molar refractivity (Wildman–Crippen MR) is 309 cm³/mol. The first kappa shape index (κ1) is 58.3. The van der Waals surface area contributed by atoms with Crippen LogP contribution in [0.1, 0.15) is 86.5 Å². The van der Waals surface area contributed by atoms with Gasteiger partial charge in [0, 0.05) is 62.8 Å². The molecule has 4 N–H and O–H groups in total. The third kappa shape index (κ3) is 12.9. The number of H-pyrrole nitrogens is 2. The number of aryl methyl sites for hydroxylation is 2. The van der Waals surface area contributed by atoms with Crippen LogP contribution in [-0.4, -0.2) is 157 Å². The van der Waals surface area contributed by atoms with Crippen molar-refractivity contribution in [2.45, 2.75) is 84.0 Å². The third-order valence-corrected chi connectivity index (χ3v) is 18.4. The quantitative estimate of drug-likeness (QED) is 0.0839. The van der Waals surface area contributed by atoms with Crippen LogP contribution < -0.4 is 10.6 Å². The summed E-state index contributed by atoms with van der Waals surface area (Å²) in [7, 11) is -4.70. The highest BCUT2D eigenvalue weighted by Crippen LogP contribution is 2.37. The molecule has 81 heavy (non-hydrogen) atoms. The van der Waals surface area contributed by atoms with E-state index >= 15 is 0 Å². The fourth-order valence-corrected chi connectivity index (χ4v) is 12.8. The van der Waals surface area contributed by atoms with Crippen molar-refractivity contribution in [3.8, 4) is 44.8 Å². The maximum Gasteiger partial charge on any atom is 0.407 e. The van der Waals surface area contributed by atoms with E-state index in [0.29, 0.717) is 23.0 Å². The van der Waals surface area contributed by atoms with Gasteiger partial charge in [0.25, 0.3) is 0 Å². The minimum absolute atomic E-state index is 0.00357. The second kappa shape index (κ2) is 24.0. The molecule has 0 saturated carbocycles. The molecule has 12 rings (SSSR count). The number of methoxy groups -OCH3 is 2. The molecule has 4 heterocycles. The molecule has 22 heteroatoms. The van der Waals surface area contributed by atoms with E-state index < -0.39 is 56.4 Å². The summed E-state index contributed by atoms with van der Waals surface area (Å²) < 4.78 is 63.4. The first-order chi connectivity index (χ1) is 38.5. The van der Waals surface area contributed by atoms with E-state index in [2.05, 4.69) is 88.2 Å². The Morgan fingerprint density at radius 3 is 1.44 bits per heavy atom. The van der Waals surface area contributed by atoms with Crippen molar-refractivity contribution in [1.29, 1.82) is 0 Å². The molecule has 4 aliphatic carbocycles. The molecule has 4 bridgehead atoms. The van der Waals surface area contributed by atoms with Gasteiger partial charge in [-0.15, -0.1) is 0 Å². The summed E-state index contributed by atoms with van der Waals surface area (Å²) in [6.07, 6.45) is 6.76. The molecule has 430 valence electrons. The number of hydrogen-bond donors (Lipinski definition) is 4. The largest absolute Gasteiger partial charge is 0.453 e. The molecular weight excluding hydrogens is 1070 g/mol. The topological polar surface area (TPSA) is 249 Å². The van der Waals surface area contributed by atoms with Gasteiger partial charge < -0.3 is 39.9 Å². The number of aromatic amines is 2. The van der Waals surface area contributed by atoms with Crippen LogP contribution in [0.25, 0.3) is 44.8 Å². The Morgan fingerprint density at radius 2 is 1.01 bits per heavy atom. The molecule has 2 saturated heterocycles. The van der Waals surface area contributed by atoms with Gasteiger partial charge in [0.2, 0.25) is 31.9 Å². The number of amides is 4. The number of sulfonamides is 2. The lowest BCUT2D eigenvalue weighted by Crippen LogP contribution is -2.58. The second-order valence-corrected chi connectivity index (χ2v) is 26.0. The smallest absolute Gasteiger partial charge is 0.407 e. The van der Waals surface area contributed by atoms with Gasteiger partial charge in [-0.3, -0.25) is 9.59 Å². The number of nitrogens with zero attached hydrogens (tertiary/aromatic N) is 6. The van der Waals surface area contributed by atoms with Crippen LogP contribution in [0.2, 0.25) is 0 Å². The number of nitrogens with one attached hydrogen (secondary N) is 4. The summed E-state index contributed by atoms with van der Waals surface area (Å²) in [5.41, 5.74) is 12.2. The number of carbonyl (C=O) groups excluding carboxylic acids is 4. The van der Waals surface area contributed by atoms with E-state index in [9.17, 15) is 36.0 Å². The van der Waals surface area contributed by atoms with Crippen LogP contribution >= 0.6 is 0 Å². The Morgan fingerprint density at radius 1 is 0.580 bits per heavy atom. The normalized spacial score (nSPS) is 19.0. The number of alkyl carbamates (subject to hydrolysis) is 2. The molecule has 20 nitrogen and oxygen atoms in total. The molecule has 4 aromatic carbocycles. The summed E-state index contributed by atoms with van der Waals surface area (Å²) >= 11 is 0. The molecular formula is C59H72N10O10S2. The number of ether oxygens (including phenoxy) is 2. The van der Waals surface area contributed by atoms with E-state index in [-0.39, 0.29) is 68.8 Å². The Balaban J connectivity index is 0.923. The second-order valence-electron chi connectivity index (χ2n) is 22.1. The van der Waals surface area contributed by atoms with E-state index in [1.165, 1.54) is 45.1 Å². The van der Waals surface area contributed by atoms with Crippen LogP contribution in [0.15, 0.2) is 97.3 Å². The van der Waals surface area contributed by atoms with Crippen molar-refractivity contribution in [3.63, 3.8) is 0 Å². The minimum Gasteiger partial charge on any atom is -0.453 e. The van der Waals surface area contributed by atoms with E-state index in [1.54, 1.807) is 22.2 Å². The number of aromatic nitrogens is 4. The molecule has 6 aromatic rings. The summed E-state index contributed by atoms with van der Waals surface area (Å²) in [6.45, 7) is 9.96. The fraction of sp³-hybridized carbons (Fsp3) is 0.424. The lowest BCUT2D eigenvalue weighted by molar-refractivity contribution is -0.139. The van der Waals surface area contributed by atoms with Crippen molar-refractivity contribution < 1.29 is 45.5 Å². The number of imidazole rings is 2. The Labute approximate surface area is 474 Å². The first-order valence-corrected chi connectivity index (χ1v) is 31.0. The summed E-state index contributed by atoms with van der Waals surface area (Å²) in [4.78, 5) is 72.2. The zero-order chi connectivity index (χ0) is 58.1. The summed E-state index contributed by atoms with van der Waals surface area (Å²) in [6, 6.07) is 26.8. The van der Waals surface area contributed by atoms with Crippen LogP contribution in [0.3, 0.4) is 0 Å². The first-order valence-electron chi connectivity index (χ1n) is 27.3. The number of carbonyl (C=O) groups is 4. The van der Waals surface area contributed by atoms with Crippen LogP contribution in [0.5, 0.6) is 0 Å². The monoisotopic (exact) mass is 1140 g/mol. The average Bonchev–Trinajstić information content (AvgIpc) is 4.22. The zero-order valence-corrected chi connectivity index (χ0v) is 48.9. The van der Waals surface area contributed by atoms with Gasteiger partial charge in [-0.2, -0.15) is 8.61 Å². The van der Waals surface area contributed by atoms with E-state index in [0.717, 1.165) is 65.2 Å². The number of piperazine rings is 2. The minimum atomic E-state index is -3.59. The Hall–Kier alpha value is -7.40. The van der Waals surface area contributed by atoms with Gasteiger partial charge in [-0.05, 0) is 81.5 Å². The molecule has 2 fully saturated rings. The number of benzene rings is 4. The molecule has 0 unspecified atom stereocenters. The summed E-state index contributed by atoms with van der Waals surface area (Å²) in [5, 5.41) is 5.30. The zero-order valence-electron chi connectivity index (χ0n) is 47.2. The van der Waals surface area contributed by atoms with Gasteiger partial charge in [-0.1, -0.05) is 120 Å². The van der Waals surface area contributed by atoms with Crippen LogP contribution in [0, 0.1) is 11.8 Å². The van der Waals surface area contributed by atoms with Gasteiger partial charge in [0.15, 0.2) is 0 Å². The lowest BCUT2D eigenvalue weighted by Gasteiger charge is -2.41. The maximum absolute atomic E-state index is 14.1. The Bertz CT molecular complexity index is 3530. The van der Waals surface area contributed by atoms with Crippen molar-refractivity contribution in [1.82, 2.24) is 49.0 Å². The highest BCUT2D eigenvalue weighted by Gasteiger charge is 2.42. The highest BCUT2D eigenvalue weighted by molar-refractivity contribution is 7.88. The predicted octanol–water partition coefficient (Wildman–Crippen LogP) is 7.30. The molecule has 5 atom stereocenters. The third-order valence-electron chi connectivity index (χ3n) is 15.9. The van der Waals surface area contributed by atoms with Crippen molar-refractivity contribution in [2.75, 3.05) is 66.0 Å². The molecule has 2 aromatic heterocycles. The van der Waals surface area contributed by atoms with Crippen molar-refractivity contribution in [2.24, 2.45) is 11.8 Å². The van der Waals surface area contributed by atoms with Crippen molar-refractivity contribution in [3.05, 3.63) is 131 Å². The maximum atomic E-state index is 14.1. The fourth-order valence-electron chi connectivity index (χ4n) is 11.2. The highest BCUT2D eigenvalue weighted by atomic mass is 32.2. The van der Waals surface area contributed by atoms with Crippen LogP contribution in [-0.2, 0) is 58.4 Å². The average molecular weight is 1150 g/mol. The van der Waals surface area contributed by atoms with Gasteiger partial charge in [-0.25, -0.2) is 36.4 Å². The molecule has 2 aliphatic heterocycles. The molecule has 0 radical (unpaired) electrons. The van der Waals surface area contributed by atoms with E-state index in [1.807, 2.05) is 52.0 Å². The summed E-state index contributed by atoms with van der Waals surface area (Å²) in [5.74, 6) is -0.237. The van der Waals surface area contributed by atoms with Crippen LogP contribution in [0.4, 0.5) is 9.59 Å². The van der Waals surface area contributed by atoms with Gasteiger partial charge in [0.05, 0.1) is 38.1 Å². The van der Waals surface area contributed by atoms with Gasteiger partial charge in [0.1, 0.15) is 35.8 Å². The SMILES string of the molecule is COC(=O)N[C@H](C(=O)N1CCN(S(C)(=O)=O)C[C@H]1c1nc(-c2ccc(-c3cc4ccc3CCc3ccc(c(-c5ccc(-c6c[nH]c([C@@H]7CN(S(C)(=O)=O)CCN7C(=O)[C@@H](NC(=O)OC)C(C)C)n6)cc5)c3)C[C@H]4C)cc2)c[nH]1)C(C)C. The number of hydrogen-bond acceptors (Lipinski definition) is 12. The van der Waals surface area contributed by atoms with Gasteiger partial charge >= 0.3 is 12.2 Å². The lowest BCUT2D eigenvalue weighted by atomic mass is 9.84. The molecule has 0 spiro atoms. The van der Waals surface area contributed by atoms with Crippen molar-refractivity contribution >= 4 is 44.0 Å². The standard InChI is InChI=1S/C59H72N10O10S2/c1-35(2)52(64-58(72)78-6)56(70)68-26-24-66(80(8,74)75)33-50(68)54-60-31-48(62-54)42-19-14-40(15-20-42)46-29-38-10-12-39-18-23-44(37(5)28-45(46)13-11-38)30-47(39)41-16-21-43(22-17-41)49-32-61-55(63-49)51-34-67(81(9,76)77)25-27-69(51)57(71)53(36(3)4)65-59(73)79-7/h11,13-23,29-32,35-37,50-53H,10,12,24-28,33-34H2,1-9H3,(H,60,62)(H,61,63)(H,64,72)(H,65,73)/t37-,50+,51+,52+,53+/m1/s1. The Kier molecular flexibility index (Phi) is 17.2. The number of rotatable bonds is 14.